The summed E-state index contributed by atoms with van der Waals surface area (Å²) >= 11 is 0.927. The molecular formula is C18H18N4O5S. The van der Waals surface area contributed by atoms with Gasteiger partial charge in [-0.2, -0.15) is 0 Å². The van der Waals surface area contributed by atoms with Gasteiger partial charge in [-0.05, 0) is 19.1 Å². The first-order valence-electron chi connectivity index (χ1n) is 8.26. The van der Waals surface area contributed by atoms with Gasteiger partial charge in [-0.3, -0.25) is 18.7 Å². The summed E-state index contributed by atoms with van der Waals surface area (Å²) in [6, 6.07) is 7.00. The lowest BCUT2D eigenvalue weighted by Crippen LogP contribution is -2.37. The minimum absolute atomic E-state index is 0.106. The third kappa shape index (κ3) is 3.38. The van der Waals surface area contributed by atoms with E-state index in [1.807, 2.05) is 0 Å². The van der Waals surface area contributed by atoms with Crippen LogP contribution < -0.4 is 16.0 Å². The highest BCUT2D eigenvalue weighted by Crippen LogP contribution is 2.29. The summed E-state index contributed by atoms with van der Waals surface area (Å²) in [4.78, 5) is 45.2. The fourth-order valence-corrected chi connectivity index (χ4v) is 3.49. The molecule has 0 aliphatic rings. The summed E-state index contributed by atoms with van der Waals surface area (Å²) in [6.45, 7) is 1.50. The zero-order valence-electron chi connectivity index (χ0n) is 15.7. The number of hydrogen-bond acceptors (Lipinski definition) is 7. The third-order valence-electron chi connectivity index (χ3n) is 4.23. The quantitative estimate of drug-likeness (QED) is 0.501. The fraction of sp³-hybridized carbons (Fsp3) is 0.278. The second-order valence-corrected chi connectivity index (χ2v) is 7.42. The number of ether oxygens (including phenoxy) is 1. The Morgan fingerprint density at radius 2 is 1.93 bits per heavy atom. The number of carboxylic acids is 1. The maximum Gasteiger partial charge on any atom is 0.332 e. The molecule has 28 heavy (non-hydrogen) atoms. The van der Waals surface area contributed by atoms with Gasteiger partial charge in [0.1, 0.15) is 21.4 Å². The van der Waals surface area contributed by atoms with Gasteiger partial charge in [-0.15, -0.1) is 0 Å². The molecule has 3 aromatic rings. The van der Waals surface area contributed by atoms with Crippen LogP contribution in [0.5, 0.6) is 5.75 Å². The summed E-state index contributed by atoms with van der Waals surface area (Å²) in [7, 11) is 4.39. The van der Waals surface area contributed by atoms with Crippen molar-refractivity contribution in [1.29, 1.82) is 0 Å². The molecule has 0 fully saturated rings. The van der Waals surface area contributed by atoms with Gasteiger partial charge in [0.05, 0.1) is 7.11 Å². The highest BCUT2D eigenvalue weighted by molar-refractivity contribution is 8.00. The van der Waals surface area contributed by atoms with Crippen LogP contribution in [-0.2, 0) is 18.9 Å². The Kier molecular flexibility index (Phi) is 5.23. The number of nitrogens with zero attached hydrogens (tertiary/aromatic N) is 4. The van der Waals surface area contributed by atoms with Crippen LogP contribution in [0.2, 0.25) is 0 Å². The van der Waals surface area contributed by atoms with Crippen molar-refractivity contribution in [2.45, 2.75) is 17.2 Å². The summed E-state index contributed by atoms with van der Waals surface area (Å²) in [5, 5.41) is 8.73. The van der Waals surface area contributed by atoms with Crippen LogP contribution in [0.15, 0.2) is 38.9 Å². The largest absolute Gasteiger partial charge is 0.497 e. The molecule has 10 heteroatoms. The molecule has 2 aromatic heterocycles. The van der Waals surface area contributed by atoms with Gasteiger partial charge in [0.25, 0.3) is 5.56 Å². The molecule has 3 rings (SSSR count). The summed E-state index contributed by atoms with van der Waals surface area (Å²) < 4.78 is 7.42. The molecule has 0 saturated carbocycles. The van der Waals surface area contributed by atoms with E-state index in [-0.39, 0.29) is 21.9 Å². The summed E-state index contributed by atoms with van der Waals surface area (Å²) in [5.41, 5.74) is -0.356. The van der Waals surface area contributed by atoms with Gasteiger partial charge in [-0.1, -0.05) is 23.9 Å². The Morgan fingerprint density at radius 3 is 2.57 bits per heavy atom. The molecule has 0 spiro atoms. The SMILES string of the molecule is COc1cccc(-c2nc(S[C@H](C)C(=O)O)c3c(=O)n(C)c(=O)n(C)c3n2)c1. The zero-order valence-corrected chi connectivity index (χ0v) is 16.5. The molecule has 0 aliphatic carbocycles. The average molecular weight is 402 g/mol. The molecule has 0 amide bonds. The summed E-state index contributed by atoms with van der Waals surface area (Å²) in [6.07, 6.45) is 0. The highest BCUT2D eigenvalue weighted by Gasteiger charge is 2.22. The number of aliphatic carboxylic acids is 1. The second-order valence-electron chi connectivity index (χ2n) is 6.09. The number of aromatic nitrogens is 4. The van der Waals surface area contributed by atoms with Gasteiger partial charge in [0.2, 0.25) is 0 Å². The van der Waals surface area contributed by atoms with E-state index in [0.29, 0.717) is 11.3 Å². The molecule has 0 saturated heterocycles. The smallest absolute Gasteiger partial charge is 0.332 e. The molecule has 146 valence electrons. The average Bonchev–Trinajstić information content (AvgIpc) is 2.69. The van der Waals surface area contributed by atoms with Gasteiger partial charge >= 0.3 is 11.7 Å². The Morgan fingerprint density at radius 1 is 1.21 bits per heavy atom. The molecule has 9 nitrogen and oxygen atoms in total. The van der Waals surface area contributed by atoms with Crippen LogP contribution in [0.25, 0.3) is 22.4 Å². The Labute approximate surface area is 163 Å². The van der Waals surface area contributed by atoms with E-state index in [0.717, 1.165) is 16.3 Å². The standard InChI is InChI=1S/C18H18N4O5S/c1-9(17(24)25)28-15-12-14(21(2)18(26)22(3)16(12)23)19-13(20-15)10-6-5-7-11(8-10)27-4/h5-9H,1-4H3,(H,24,25)/t9-/m1/s1. The maximum atomic E-state index is 12.7. The van der Waals surface area contributed by atoms with Gasteiger partial charge < -0.3 is 9.84 Å². The molecular weight excluding hydrogens is 384 g/mol. The number of thioether (sulfide) groups is 1. The Hall–Kier alpha value is -3.14. The molecule has 1 aromatic carbocycles. The lowest BCUT2D eigenvalue weighted by Gasteiger charge is -2.13. The molecule has 0 bridgehead atoms. The molecule has 0 aliphatic heterocycles. The maximum absolute atomic E-state index is 12.7. The van der Waals surface area contributed by atoms with Crippen molar-refractivity contribution in [3.63, 3.8) is 0 Å². The predicted molar refractivity (Wildman–Crippen MR) is 105 cm³/mol. The van der Waals surface area contributed by atoms with Gasteiger partial charge in [0.15, 0.2) is 11.5 Å². The Bertz CT molecular complexity index is 1200. The number of carbonyl (C=O) groups is 1. The van der Waals surface area contributed by atoms with Crippen molar-refractivity contribution in [1.82, 2.24) is 19.1 Å². The monoisotopic (exact) mass is 402 g/mol. The topological polar surface area (TPSA) is 116 Å². The van der Waals surface area contributed by atoms with Crippen LogP contribution >= 0.6 is 11.8 Å². The van der Waals surface area contributed by atoms with Crippen molar-refractivity contribution in [2.75, 3.05) is 7.11 Å². The predicted octanol–water partition coefficient (Wildman–Crippen LogP) is 1.27. The van der Waals surface area contributed by atoms with E-state index in [9.17, 15) is 19.5 Å². The molecule has 0 radical (unpaired) electrons. The number of fused-ring (bicyclic) bond motifs is 1. The van der Waals surface area contributed by atoms with E-state index in [1.165, 1.54) is 32.7 Å². The van der Waals surface area contributed by atoms with Crippen molar-refractivity contribution in [2.24, 2.45) is 14.1 Å². The molecule has 1 atom stereocenters. The van der Waals surface area contributed by atoms with Gasteiger partial charge in [-0.25, -0.2) is 14.8 Å². The highest BCUT2D eigenvalue weighted by atomic mass is 32.2. The lowest BCUT2D eigenvalue weighted by atomic mass is 10.2. The van der Waals surface area contributed by atoms with E-state index >= 15 is 0 Å². The number of methoxy groups -OCH3 is 1. The molecule has 2 heterocycles. The fourth-order valence-electron chi connectivity index (χ4n) is 2.62. The molecule has 1 N–H and O–H groups in total. The third-order valence-corrected chi connectivity index (χ3v) is 5.30. The van der Waals surface area contributed by atoms with E-state index < -0.39 is 22.5 Å². The first kappa shape index (κ1) is 19.6. The molecule has 0 unspecified atom stereocenters. The first-order valence-corrected chi connectivity index (χ1v) is 9.14. The van der Waals surface area contributed by atoms with Crippen molar-refractivity contribution in [3.8, 4) is 17.1 Å². The van der Waals surface area contributed by atoms with Crippen LogP contribution in [-0.4, -0.2) is 42.5 Å². The van der Waals surface area contributed by atoms with Crippen LogP contribution in [0.4, 0.5) is 0 Å². The number of carboxylic acid groups (broad SMARTS) is 1. The first-order chi connectivity index (χ1) is 13.2. The number of aryl methyl sites for hydroxylation is 1. The van der Waals surface area contributed by atoms with E-state index in [4.69, 9.17) is 4.74 Å². The lowest BCUT2D eigenvalue weighted by molar-refractivity contribution is -0.136. The van der Waals surface area contributed by atoms with E-state index in [1.54, 1.807) is 24.3 Å². The minimum Gasteiger partial charge on any atom is -0.497 e. The number of hydrogen-bond donors (Lipinski definition) is 1. The summed E-state index contributed by atoms with van der Waals surface area (Å²) in [5.74, 6) is -0.191. The minimum atomic E-state index is -1.04. The van der Waals surface area contributed by atoms with Crippen molar-refractivity contribution in [3.05, 3.63) is 45.1 Å². The van der Waals surface area contributed by atoms with E-state index in [2.05, 4.69) is 9.97 Å². The second kappa shape index (κ2) is 7.47. The van der Waals surface area contributed by atoms with Crippen LogP contribution in [0.3, 0.4) is 0 Å². The van der Waals surface area contributed by atoms with Crippen LogP contribution in [0.1, 0.15) is 6.92 Å². The number of benzene rings is 1. The number of rotatable bonds is 5. The van der Waals surface area contributed by atoms with Crippen molar-refractivity contribution < 1.29 is 14.6 Å². The normalized spacial score (nSPS) is 12.1. The van der Waals surface area contributed by atoms with Gasteiger partial charge in [0, 0.05) is 19.7 Å². The van der Waals surface area contributed by atoms with Crippen molar-refractivity contribution >= 4 is 28.8 Å². The van der Waals surface area contributed by atoms with Crippen LogP contribution in [0, 0.1) is 0 Å². The Balaban J connectivity index is 2.37. The zero-order chi connectivity index (χ0) is 20.6.